The van der Waals surface area contributed by atoms with Crippen LogP contribution in [0.25, 0.3) is 0 Å². The molecule has 0 N–H and O–H groups in total. The van der Waals surface area contributed by atoms with Crippen molar-refractivity contribution in [3.63, 3.8) is 0 Å². The number of carbonyl (C=O) groups excluding carboxylic acids is 2. The van der Waals surface area contributed by atoms with E-state index in [1.54, 1.807) is 0 Å². The third-order valence-corrected chi connectivity index (χ3v) is 18.1. The molecule has 6 nitrogen and oxygen atoms in total. The Labute approximate surface area is 360 Å². The maximum atomic E-state index is 13.5. The molecule has 6 aliphatic carbocycles. The normalized spacial score (nSPS) is 37.4. The van der Waals surface area contributed by atoms with E-state index < -0.39 is 30.3 Å². The molecule has 0 saturated heterocycles. The number of ether oxygens (including phenoxy) is 4. The second kappa shape index (κ2) is 20.9. The zero-order valence-electron chi connectivity index (χ0n) is 35.5. The smallest absolute Gasteiger partial charge is 0.151 e. The Kier molecular flexibility index (Phi) is 17.7. The third kappa shape index (κ3) is 9.10. The van der Waals surface area contributed by atoms with Crippen molar-refractivity contribution in [3.05, 3.63) is 0 Å². The van der Waals surface area contributed by atoms with Crippen molar-refractivity contribution in [3.8, 4) is 0 Å². The van der Waals surface area contributed by atoms with E-state index in [-0.39, 0.29) is 24.4 Å². The Bertz CT molecular complexity index is 1140. The standard InChI is InChI=1S/C24H40Cl2O3.C22H36Cl2O3/c1-3-5-7-17-28-19-9-13-22(14-10-19)21(27)23(24(22,25)26)15-11-20(12-16-23)29-18-8-6-4-2;1-3-5-15-26-17-7-11-20(12-8-17)19(25)21(22(20,23)24)13-9-18(10-14-21)27-16-6-4-2/h19-20H,3-18H2,1-2H3;17-18H,3-16H2,1-2H3/t19-,20?,22+,23?;17?,18?,20-,21-. The first-order chi connectivity index (χ1) is 26.9. The van der Waals surface area contributed by atoms with Crippen LogP contribution in [0.2, 0.25) is 0 Å². The summed E-state index contributed by atoms with van der Waals surface area (Å²) >= 11 is 28.0. The van der Waals surface area contributed by atoms with Gasteiger partial charge in [0.1, 0.15) is 8.67 Å². The molecule has 324 valence electrons. The summed E-state index contributed by atoms with van der Waals surface area (Å²) in [6.07, 6.45) is 26.0. The quantitative estimate of drug-likeness (QED) is 0.101. The lowest BCUT2D eigenvalue weighted by Gasteiger charge is -2.66. The second-order valence-electron chi connectivity index (χ2n) is 18.5. The molecule has 0 aliphatic heterocycles. The zero-order chi connectivity index (χ0) is 40.5. The van der Waals surface area contributed by atoms with Crippen LogP contribution >= 0.6 is 46.4 Å². The van der Waals surface area contributed by atoms with Gasteiger partial charge in [-0.15, -0.1) is 0 Å². The Hall–Kier alpha value is 0.340. The number of unbranched alkanes of at least 4 members (excludes halogenated alkanes) is 6. The van der Waals surface area contributed by atoms with Gasteiger partial charge < -0.3 is 18.9 Å². The van der Waals surface area contributed by atoms with Crippen molar-refractivity contribution in [1.82, 2.24) is 0 Å². The maximum absolute atomic E-state index is 13.5. The molecule has 10 heteroatoms. The highest BCUT2D eigenvalue weighted by molar-refractivity contribution is 6.55. The molecule has 6 aliphatic rings. The van der Waals surface area contributed by atoms with Crippen molar-refractivity contribution in [1.29, 1.82) is 0 Å². The van der Waals surface area contributed by atoms with Gasteiger partial charge in [-0.2, -0.15) is 0 Å². The molecule has 0 heterocycles. The summed E-state index contributed by atoms with van der Waals surface area (Å²) in [6, 6.07) is 0. The molecular weight excluding hydrogens is 790 g/mol. The van der Waals surface area contributed by atoms with E-state index in [9.17, 15) is 9.59 Å². The molecule has 4 spiro atoms. The Morgan fingerprint density at radius 2 is 0.607 bits per heavy atom. The first-order valence-corrected chi connectivity index (χ1v) is 24.7. The van der Waals surface area contributed by atoms with Gasteiger partial charge in [0.05, 0.1) is 46.1 Å². The van der Waals surface area contributed by atoms with Crippen LogP contribution in [0.4, 0.5) is 0 Å². The van der Waals surface area contributed by atoms with Gasteiger partial charge in [-0.25, -0.2) is 0 Å². The highest BCUT2D eigenvalue weighted by atomic mass is 35.5. The van der Waals surface area contributed by atoms with E-state index in [0.29, 0.717) is 11.6 Å². The molecular formula is C46H76Cl4O6. The highest BCUT2D eigenvalue weighted by Gasteiger charge is 2.80. The van der Waals surface area contributed by atoms with E-state index in [1.807, 2.05) is 0 Å². The van der Waals surface area contributed by atoms with E-state index >= 15 is 0 Å². The van der Waals surface area contributed by atoms with Crippen molar-refractivity contribution in [2.45, 2.75) is 228 Å². The van der Waals surface area contributed by atoms with Crippen LogP contribution in [0.3, 0.4) is 0 Å². The minimum Gasteiger partial charge on any atom is -0.378 e. The van der Waals surface area contributed by atoms with Crippen LogP contribution in [0.15, 0.2) is 0 Å². The lowest BCUT2D eigenvalue weighted by atomic mass is 9.43. The third-order valence-electron chi connectivity index (χ3n) is 15.2. The van der Waals surface area contributed by atoms with Gasteiger partial charge in [-0.05, 0) is 128 Å². The Balaban J connectivity index is 0.000000215. The van der Waals surface area contributed by atoms with Gasteiger partial charge in [0.25, 0.3) is 0 Å². The van der Waals surface area contributed by atoms with Crippen molar-refractivity contribution >= 4 is 58.0 Å². The summed E-state index contributed by atoms with van der Waals surface area (Å²) in [5, 5.41) is 0. The first kappa shape index (κ1) is 47.4. The predicted molar refractivity (Wildman–Crippen MR) is 230 cm³/mol. The number of carbonyl (C=O) groups is 2. The predicted octanol–water partition coefficient (Wildman–Crippen LogP) is 13.2. The monoisotopic (exact) mass is 864 g/mol. The van der Waals surface area contributed by atoms with Gasteiger partial charge in [0.2, 0.25) is 0 Å². The van der Waals surface area contributed by atoms with Gasteiger partial charge in [0.15, 0.2) is 11.6 Å². The van der Waals surface area contributed by atoms with Crippen LogP contribution in [0.5, 0.6) is 0 Å². The van der Waals surface area contributed by atoms with Crippen molar-refractivity contribution < 1.29 is 28.5 Å². The summed E-state index contributed by atoms with van der Waals surface area (Å²) in [7, 11) is 0. The van der Waals surface area contributed by atoms with Crippen LogP contribution in [0, 0.1) is 21.7 Å². The summed E-state index contributed by atoms with van der Waals surface area (Å²) in [6.45, 7) is 12.0. The fraction of sp³-hybridized carbons (Fsp3) is 0.957. The Morgan fingerprint density at radius 3 is 0.804 bits per heavy atom. The first-order valence-electron chi connectivity index (χ1n) is 23.2. The minimum absolute atomic E-state index is 0.262. The molecule has 6 fully saturated rings. The van der Waals surface area contributed by atoms with E-state index in [1.165, 1.54) is 25.7 Å². The van der Waals surface area contributed by atoms with E-state index in [4.69, 9.17) is 65.4 Å². The summed E-state index contributed by atoms with van der Waals surface area (Å²) in [5.41, 5.74) is -2.18. The summed E-state index contributed by atoms with van der Waals surface area (Å²) < 4.78 is 22.2. The summed E-state index contributed by atoms with van der Waals surface area (Å²) in [5.74, 6) is 0.669. The summed E-state index contributed by atoms with van der Waals surface area (Å²) in [4.78, 5) is 26.9. The molecule has 0 bridgehead atoms. The molecule has 6 saturated carbocycles. The minimum atomic E-state index is -0.933. The number of halogens is 4. The fourth-order valence-electron chi connectivity index (χ4n) is 11.4. The van der Waals surface area contributed by atoms with Crippen LogP contribution < -0.4 is 0 Å². The highest BCUT2D eigenvalue weighted by Crippen LogP contribution is 2.75. The van der Waals surface area contributed by atoms with Crippen LogP contribution in [-0.4, -0.2) is 71.1 Å². The van der Waals surface area contributed by atoms with Gasteiger partial charge in [-0.1, -0.05) is 113 Å². The van der Waals surface area contributed by atoms with E-state index in [0.717, 1.165) is 168 Å². The molecule has 0 radical (unpaired) electrons. The number of hydrogen-bond donors (Lipinski definition) is 0. The van der Waals surface area contributed by atoms with E-state index in [2.05, 4.69) is 27.7 Å². The number of rotatable bonds is 18. The topological polar surface area (TPSA) is 71.1 Å². The average Bonchev–Trinajstić information content (AvgIpc) is 3.22. The number of Topliss-reactive ketones (excluding diaryl/α,β-unsaturated/α-hetero) is 2. The molecule has 56 heavy (non-hydrogen) atoms. The largest absolute Gasteiger partial charge is 0.378 e. The zero-order valence-corrected chi connectivity index (χ0v) is 38.5. The average molecular weight is 867 g/mol. The van der Waals surface area contributed by atoms with Crippen LogP contribution in [-0.2, 0) is 28.5 Å². The molecule has 6 rings (SSSR count). The van der Waals surface area contributed by atoms with Crippen molar-refractivity contribution in [2.75, 3.05) is 26.4 Å². The number of alkyl halides is 4. The second-order valence-corrected chi connectivity index (χ2v) is 21.2. The molecule has 0 aromatic carbocycles. The van der Waals surface area contributed by atoms with Gasteiger partial charge in [-0.3, -0.25) is 9.59 Å². The number of ketones is 2. The van der Waals surface area contributed by atoms with Crippen LogP contribution in [0.1, 0.15) is 195 Å². The number of hydrogen-bond acceptors (Lipinski definition) is 6. The molecule has 0 amide bonds. The lowest BCUT2D eigenvalue weighted by Crippen LogP contribution is -2.74. The molecule has 0 aromatic rings. The van der Waals surface area contributed by atoms with Gasteiger partial charge >= 0.3 is 0 Å². The van der Waals surface area contributed by atoms with Gasteiger partial charge in [0, 0.05) is 26.4 Å². The molecule has 0 unspecified atom stereocenters. The SMILES string of the molecule is CCCCCOC1CCC2(CC1)C(=O)[C@]1(CC[C@H](OCCCCC)CC1)C2(Cl)Cl.CCCCOC1CC[C@]2(CC1)C(=O)[C@@]1(CCC(OCCCC)CC1)C2(Cl)Cl. The lowest BCUT2D eigenvalue weighted by molar-refractivity contribution is -0.177. The maximum Gasteiger partial charge on any atom is 0.151 e. The molecule has 0 aromatic heterocycles. The fourth-order valence-corrected chi connectivity index (χ4v) is 13.6. The Morgan fingerprint density at radius 1 is 0.393 bits per heavy atom. The van der Waals surface area contributed by atoms with Crippen molar-refractivity contribution in [2.24, 2.45) is 21.7 Å². The molecule has 0 atom stereocenters.